The van der Waals surface area contributed by atoms with Crippen molar-refractivity contribution in [3.8, 4) is 5.75 Å². The highest BCUT2D eigenvalue weighted by molar-refractivity contribution is 7.92. The number of hydrogen-bond donors (Lipinski definition) is 2. The third-order valence-corrected chi connectivity index (χ3v) is 4.27. The number of benzene rings is 2. The normalized spacial score (nSPS) is 11.0. The molecule has 9 heteroatoms. The molecule has 3 N–H and O–H groups in total. The van der Waals surface area contributed by atoms with E-state index in [1.807, 2.05) is 0 Å². The van der Waals surface area contributed by atoms with Crippen LogP contribution in [-0.2, 0) is 10.0 Å². The van der Waals surface area contributed by atoms with Gasteiger partial charge in [0.1, 0.15) is 5.75 Å². The van der Waals surface area contributed by atoms with E-state index in [0.717, 1.165) is 12.1 Å². The number of hydrogen-bond acceptors (Lipinski definition) is 6. The van der Waals surface area contributed by atoms with Crippen molar-refractivity contribution in [3.63, 3.8) is 0 Å². The minimum Gasteiger partial charge on any atom is -0.497 e. The van der Waals surface area contributed by atoms with E-state index in [2.05, 4.69) is 4.72 Å². The zero-order chi connectivity index (χ0) is 16.3. The van der Waals surface area contributed by atoms with Gasteiger partial charge < -0.3 is 10.5 Å². The minimum absolute atomic E-state index is 0.0810. The topological polar surface area (TPSA) is 125 Å². The lowest BCUT2D eigenvalue weighted by molar-refractivity contribution is -0.387. The predicted molar refractivity (Wildman–Crippen MR) is 81.3 cm³/mol. The lowest BCUT2D eigenvalue weighted by Gasteiger charge is -2.11. The lowest BCUT2D eigenvalue weighted by atomic mass is 10.2. The Morgan fingerprint density at radius 2 is 1.91 bits per heavy atom. The van der Waals surface area contributed by atoms with Crippen molar-refractivity contribution in [2.45, 2.75) is 4.90 Å². The Bertz CT molecular complexity index is 820. The second-order valence-corrected chi connectivity index (χ2v) is 5.93. The molecule has 8 nitrogen and oxygen atoms in total. The van der Waals surface area contributed by atoms with Crippen molar-refractivity contribution in [3.05, 3.63) is 52.6 Å². The van der Waals surface area contributed by atoms with Crippen molar-refractivity contribution in [2.24, 2.45) is 0 Å². The molecule has 0 saturated carbocycles. The second-order valence-electron chi connectivity index (χ2n) is 4.28. The van der Waals surface area contributed by atoms with Crippen LogP contribution in [-0.4, -0.2) is 20.5 Å². The molecule has 0 aliphatic rings. The van der Waals surface area contributed by atoms with E-state index in [-0.39, 0.29) is 11.4 Å². The molecule has 0 aromatic heterocycles. The predicted octanol–water partition coefficient (Wildman–Crippen LogP) is 1.99. The molecular formula is C13H13N3O5S. The molecule has 0 radical (unpaired) electrons. The summed E-state index contributed by atoms with van der Waals surface area (Å²) in [7, 11) is -2.74. The average Bonchev–Trinajstić information content (AvgIpc) is 2.49. The summed E-state index contributed by atoms with van der Waals surface area (Å²) in [4.78, 5) is 9.75. The van der Waals surface area contributed by atoms with Gasteiger partial charge in [-0.1, -0.05) is 12.1 Å². The number of nitrogen functional groups attached to an aromatic ring is 1. The number of nitrogens with one attached hydrogen (secondary N) is 1. The van der Waals surface area contributed by atoms with Crippen LogP contribution in [0.25, 0.3) is 0 Å². The van der Waals surface area contributed by atoms with Crippen molar-refractivity contribution in [2.75, 3.05) is 17.6 Å². The van der Waals surface area contributed by atoms with Gasteiger partial charge in [0, 0.05) is 12.1 Å². The van der Waals surface area contributed by atoms with E-state index in [9.17, 15) is 18.5 Å². The van der Waals surface area contributed by atoms with Crippen molar-refractivity contribution >= 4 is 27.1 Å². The van der Waals surface area contributed by atoms with Gasteiger partial charge in [-0.25, -0.2) is 8.42 Å². The standard InChI is InChI=1S/C13H13N3O5S/c1-21-9-6-7-10(14)11(8-9)15-22(19,20)13-5-3-2-4-12(13)16(17)18/h2-8,15H,14H2,1H3. The lowest BCUT2D eigenvalue weighted by Crippen LogP contribution is -2.15. The molecule has 116 valence electrons. The summed E-state index contributed by atoms with van der Waals surface area (Å²) in [6.45, 7) is 0. The van der Waals surface area contributed by atoms with Gasteiger partial charge in [-0.05, 0) is 18.2 Å². The van der Waals surface area contributed by atoms with Crippen molar-refractivity contribution < 1.29 is 18.1 Å². The molecule has 0 atom stereocenters. The van der Waals surface area contributed by atoms with Crippen LogP contribution in [0.2, 0.25) is 0 Å². The first-order valence-electron chi connectivity index (χ1n) is 6.05. The van der Waals surface area contributed by atoms with Crippen LogP contribution in [0.15, 0.2) is 47.4 Å². The molecule has 0 aliphatic heterocycles. The average molecular weight is 323 g/mol. The van der Waals surface area contributed by atoms with Crippen LogP contribution in [0.4, 0.5) is 17.1 Å². The third-order valence-electron chi connectivity index (χ3n) is 2.86. The van der Waals surface area contributed by atoms with Gasteiger partial charge in [-0.15, -0.1) is 0 Å². The number of nitro groups is 1. The fourth-order valence-corrected chi connectivity index (χ4v) is 3.04. The molecule has 0 aliphatic carbocycles. The second kappa shape index (κ2) is 5.90. The number of para-hydroxylation sites is 1. The van der Waals surface area contributed by atoms with Gasteiger partial charge >= 0.3 is 0 Å². The maximum absolute atomic E-state index is 12.4. The molecular weight excluding hydrogens is 310 g/mol. The molecule has 0 unspecified atom stereocenters. The van der Waals surface area contributed by atoms with Gasteiger partial charge in [0.15, 0.2) is 4.90 Å². The molecule has 0 fully saturated rings. The Balaban J connectivity index is 2.47. The first-order chi connectivity index (χ1) is 10.3. The Kier molecular flexibility index (Phi) is 4.18. The zero-order valence-corrected chi connectivity index (χ0v) is 12.3. The summed E-state index contributed by atoms with van der Waals surface area (Å²) < 4.78 is 32.0. The Morgan fingerprint density at radius 3 is 2.55 bits per heavy atom. The number of rotatable bonds is 5. The third kappa shape index (κ3) is 3.09. The maximum Gasteiger partial charge on any atom is 0.289 e. The van der Waals surface area contributed by atoms with E-state index in [1.165, 1.54) is 31.4 Å². The number of nitro benzene ring substituents is 1. The van der Waals surface area contributed by atoms with Crippen LogP contribution in [0.5, 0.6) is 5.75 Å². The van der Waals surface area contributed by atoms with E-state index in [4.69, 9.17) is 10.5 Å². The summed E-state index contributed by atoms with van der Waals surface area (Å²) in [6.07, 6.45) is 0. The first-order valence-corrected chi connectivity index (χ1v) is 7.53. The summed E-state index contributed by atoms with van der Waals surface area (Å²) >= 11 is 0. The molecule has 0 amide bonds. The van der Waals surface area contributed by atoms with Crippen LogP contribution in [0, 0.1) is 10.1 Å². The van der Waals surface area contributed by atoms with Gasteiger partial charge in [-0.2, -0.15) is 0 Å². The summed E-state index contributed by atoms with van der Waals surface area (Å²) in [5, 5.41) is 11.0. The summed E-state index contributed by atoms with van der Waals surface area (Å²) in [5.41, 5.74) is 5.44. The maximum atomic E-state index is 12.4. The molecule has 0 saturated heterocycles. The highest BCUT2D eigenvalue weighted by Gasteiger charge is 2.25. The van der Waals surface area contributed by atoms with Crippen LogP contribution in [0.1, 0.15) is 0 Å². The van der Waals surface area contributed by atoms with Crippen LogP contribution < -0.4 is 15.2 Å². The Hall–Kier alpha value is -2.81. The number of sulfonamides is 1. The highest BCUT2D eigenvalue weighted by atomic mass is 32.2. The molecule has 2 aromatic rings. The smallest absolute Gasteiger partial charge is 0.289 e. The quantitative estimate of drug-likeness (QED) is 0.492. The summed E-state index contributed by atoms with van der Waals surface area (Å²) in [5.74, 6) is 0.398. The van der Waals surface area contributed by atoms with Gasteiger partial charge in [0.05, 0.1) is 23.4 Å². The van der Waals surface area contributed by atoms with Crippen LogP contribution in [0.3, 0.4) is 0 Å². The van der Waals surface area contributed by atoms with Gasteiger partial charge in [-0.3, -0.25) is 14.8 Å². The zero-order valence-electron chi connectivity index (χ0n) is 11.5. The monoisotopic (exact) mass is 323 g/mol. The molecule has 0 spiro atoms. The minimum atomic E-state index is -4.16. The largest absolute Gasteiger partial charge is 0.497 e. The molecule has 22 heavy (non-hydrogen) atoms. The van der Waals surface area contributed by atoms with Gasteiger partial charge in [0.25, 0.3) is 15.7 Å². The fourth-order valence-electron chi connectivity index (χ4n) is 1.79. The number of ether oxygens (including phenoxy) is 1. The van der Waals surface area contributed by atoms with Crippen molar-refractivity contribution in [1.82, 2.24) is 0 Å². The van der Waals surface area contributed by atoms with Crippen LogP contribution >= 0.6 is 0 Å². The van der Waals surface area contributed by atoms with Crippen molar-refractivity contribution in [1.29, 1.82) is 0 Å². The highest BCUT2D eigenvalue weighted by Crippen LogP contribution is 2.29. The molecule has 0 bridgehead atoms. The van der Waals surface area contributed by atoms with E-state index >= 15 is 0 Å². The summed E-state index contributed by atoms with van der Waals surface area (Å²) in [6, 6.07) is 9.48. The molecule has 0 heterocycles. The molecule has 2 rings (SSSR count). The molecule has 2 aromatic carbocycles. The van der Waals surface area contributed by atoms with E-state index in [1.54, 1.807) is 6.07 Å². The number of nitrogens with zero attached hydrogens (tertiary/aromatic N) is 1. The Morgan fingerprint density at radius 1 is 1.23 bits per heavy atom. The van der Waals surface area contributed by atoms with E-state index < -0.39 is 25.5 Å². The number of nitrogens with two attached hydrogens (primary N) is 1. The number of methoxy groups -OCH3 is 1. The fraction of sp³-hybridized carbons (Fsp3) is 0.0769. The first kappa shape index (κ1) is 15.6. The number of anilines is 2. The van der Waals surface area contributed by atoms with E-state index in [0.29, 0.717) is 5.75 Å². The SMILES string of the molecule is COc1ccc(N)c(NS(=O)(=O)c2ccccc2[N+](=O)[O-])c1. The Labute approximate surface area is 126 Å². The van der Waals surface area contributed by atoms with Gasteiger partial charge in [0.2, 0.25) is 0 Å².